The van der Waals surface area contributed by atoms with Gasteiger partial charge >= 0.3 is 0 Å². The molecule has 0 saturated carbocycles. The molecule has 1 amide bonds. The molecule has 1 aromatic heterocycles. The van der Waals surface area contributed by atoms with Crippen molar-refractivity contribution < 1.29 is 13.2 Å². The summed E-state index contributed by atoms with van der Waals surface area (Å²) in [6, 6.07) is 11.1. The number of benzene rings is 1. The fourth-order valence-electron chi connectivity index (χ4n) is 3.31. The lowest BCUT2D eigenvalue weighted by Crippen LogP contribution is -2.37. The highest BCUT2D eigenvalue weighted by Crippen LogP contribution is 2.26. The Labute approximate surface area is 154 Å². The van der Waals surface area contributed by atoms with Gasteiger partial charge in [-0.3, -0.25) is 9.10 Å². The Morgan fingerprint density at radius 1 is 1.12 bits per heavy atom. The average Bonchev–Trinajstić information content (AvgIpc) is 2.91. The monoisotopic (exact) mass is 375 g/mol. The van der Waals surface area contributed by atoms with Crippen molar-refractivity contribution in [1.82, 2.24) is 4.57 Å². The van der Waals surface area contributed by atoms with Crippen LogP contribution in [0.1, 0.15) is 30.7 Å². The molecule has 3 rings (SSSR count). The van der Waals surface area contributed by atoms with Crippen molar-refractivity contribution >= 4 is 27.3 Å². The standard InChI is InChI=1S/C19H25N3O3S/c1-15-8-9-16(2)21(15)12-10-19(23)20-17-6-5-7-18(14-17)22-11-3-4-13-26(22,24)25/h5-9,14H,3-4,10-13H2,1-2H3,(H,20,23). The largest absolute Gasteiger partial charge is 0.349 e. The van der Waals surface area contributed by atoms with E-state index in [-0.39, 0.29) is 11.7 Å². The average molecular weight is 375 g/mol. The van der Waals surface area contributed by atoms with Gasteiger partial charge in [0.05, 0.1) is 11.4 Å². The lowest BCUT2D eigenvalue weighted by atomic mass is 10.2. The minimum atomic E-state index is -3.25. The van der Waals surface area contributed by atoms with E-state index in [1.807, 2.05) is 26.0 Å². The number of carbonyl (C=O) groups is 1. The fourth-order valence-corrected chi connectivity index (χ4v) is 4.94. The number of carbonyl (C=O) groups excluding carboxylic acids is 1. The van der Waals surface area contributed by atoms with Crippen molar-refractivity contribution in [3.63, 3.8) is 0 Å². The minimum absolute atomic E-state index is 0.0869. The van der Waals surface area contributed by atoms with Crippen LogP contribution in [0, 0.1) is 13.8 Å². The van der Waals surface area contributed by atoms with Gasteiger partial charge in [-0.1, -0.05) is 6.07 Å². The fraction of sp³-hybridized carbons (Fsp3) is 0.421. The van der Waals surface area contributed by atoms with Crippen molar-refractivity contribution in [3.05, 3.63) is 47.8 Å². The lowest BCUT2D eigenvalue weighted by Gasteiger charge is -2.28. The van der Waals surface area contributed by atoms with Gasteiger partial charge in [0.15, 0.2) is 0 Å². The van der Waals surface area contributed by atoms with E-state index in [0.717, 1.165) is 17.8 Å². The molecule has 1 N–H and O–H groups in total. The van der Waals surface area contributed by atoms with Crippen molar-refractivity contribution in [2.45, 2.75) is 39.7 Å². The third kappa shape index (κ3) is 4.09. The first-order chi connectivity index (χ1) is 12.4. The van der Waals surface area contributed by atoms with Crippen LogP contribution in [0.5, 0.6) is 0 Å². The van der Waals surface area contributed by atoms with E-state index in [2.05, 4.69) is 9.88 Å². The Hall–Kier alpha value is -2.28. The SMILES string of the molecule is Cc1ccc(C)n1CCC(=O)Nc1cccc(N2CCCCS2(=O)=O)c1. The molecule has 1 aromatic carbocycles. The summed E-state index contributed by atoms with van der Waals surface area (Å²) in [5.41, 5.74) is 3.49. The van der Waals surface area contributed by atoms with Crippen LogP contribution < -0.4 is 9.62 Å². The molecule has 6 nitrogen and oxygen atoms in total. The van der Waals surface area contributed by atoms with E-state index >= 15 is 0 Å². The van der Waals surface area contributed by atoms with Gasteiger partial charge in [0.2, 0.25) is 15.9 Å². The maximum absolute atomic E-state index is 12.3. The molecule has 0 aliphatic carbocycles. The highest BCUT2D eigenvalue weighted by Gasteiger charge is 2.26. The van der Waals surface area contributed by atoms with E-state index in [1.54, 1.807) is 24.3 Å². The van der Waals surface area contributed by atoms with Gasteiger partial charge in [0, 0.05) is 36.6 Å². The Balaban J connectivity index is 1.66. The van der Waals surface area contributed by atoms with Crippen LogP contribution >= 0.6 is 0 Å². The number of aromatic nitrogens is 1. The van der Waals surface area contributed by atoms with E-state index in [4.69, 9.17) is 0 Å². The van der Waals surface area contributed by atoms with E-state index in [9.17, 15) is 13.2 Å². The summed E-state index contributed by atoms with van der Waals surface area (Å²) in [7, 11) is -3.25. The Bertz CT molecular complexity index is 883. The minimum Gasteiger partial charge on any atom is -0.349 e. The van der Waals surface area contributed by atoms with Gasteiger partial charge in [-0.2, -0.15) is 0 Å². The van der Waals surface area contributed by atoms with Crippen molar-refractivity contribution in [3.8, 4) is 0 Å². The zero-order valence-corrected chi connectivity index (χ0v) is 16.1. The number of nitrogens with one attached hydrogen (secondary N) is 1. The molecule has 1 aliphatic rings. The second-order valence-corrected chi connectivity index (χ2v) is 8.72. The van der Waals surface area contributed by atoms with E-state index in [0.29, 0.717) is 37.3 Å². The summed E-state index contributed by atoms with van der Waals surface area (Å²) in [6.07, 6.45) is 1.92. The number of nitrogens with zero attached hydrogens (tertiary/aromatic N) is 2. The van der Waals surface area contributed by atoms with Crippen molar-refractivity contribution in [2.24, 2.45) is 0 Å². The maximum Gasteiger partial charge on any atom is 0.235 e. The van der Waals surface area contributed by atoms with Crippen LogP contribution in [-0.2, 0) is 21.4 Å². The first kappa shape index (κ1) is 18.5. The highest BCUT2D eigenvalue weighted by molar-refractivity contribution is 7.92. The molecular weight excluding hydrogens is 350 g/mol. The summed E-state index contributed by atoms with van der Waals surface area (Å²) < 4.78 is 28.0. The Morgan fingerprint density at radius 2 is 1.85 bits per heavy atom. The molecule has 7 heteroatoms. The molecule has 0 atom stereocenters. The van der Waals surface area contributed by atoms with Crippen LogP contribution in [0.15, 0.2) is 36.4 Å². The van der Waals surface area contributed by atoms with Gasteiger partial charge in [0.1, 0.15) is 0 Å². The zero-order chi connectivity index (χ0) is 18.7. The topological polar surface area (TPSA) is 71.4 Å². The molecule has 0 spiro atoms. The van der Waals surface area contributed by atoms with Crippen LogP contribution in [0.25, 0.3) is 0 Å². The molecule has 26 heavy (non-hydrogen) atoms. The molecule has 140 valence electrons. The number of sulfonamides is 1. The van der Waals surface area contributed by atoms with Crippen molar-refractivity contribution in [1.29, 1.82) is 0 Å². The van der Waals surface area contributed by atoms with Gasteiger partial charge in [-0.15, -0.1) is 0 Å². The third-order valence-corrected chi connectivity index (χ3v) is 6.62. The quantitative estimate of drug-likeness (QED) is 0.873. The number of aryl methyl sites for hydroxylation is 2. The summed E-state index contributed by atoms with van der Waals surface area (Å²) in [6.45, 7) is 5.16. The zero-order valence-electron chi connectivity index (χ0n) is 15.2. The lowest BCUT2D eigenvalue weighted by molar-refractivity contribution is -0.116. The molecule has 2 heterocycles. The van der Waals surface area contributed by atoms with E-state index < -0.39 is 10.0 Å². The van der Waals surface area contributed by atoms with E-state index in [1.165, 1.54) is 4.31 Å². The number of rotatable bonds is 5. The normalized spacial score (nSPS) is 16.5. The summed E-state index contributed by atoms with van der Waals surface area (Å²) in [4.78, 5) is 12.3. The van der Waals surface area contributed by atoms with Crippen LogP contribution in [0.3, 0.4) is 0 Å². The molecule has 1 aliphatic heterocycles. The van der Waals surface area contributed by atoms with Crippen LogP contribution in [0.2, 0.25) is 0 Å². The van der Waals surface area contributed by atoms with Gasteiger partial charge in [-0.25, -0.2) is 8.42 Å². The second kappa shape index (κ2) is 7.53. The summed E-state index contributed by atoms with van der Waals surface area (Å²) in [5, 5.41) is 2.88. The number of hydrogen-bond donors (Lipinski definition) is 1. The first-order valence-corrected chi connectivity index (χ1v) is 10.5. The molecule has 2 aromatic rings. The smallest absolute Gasteiger partial charge is 0.235 e. The van der Waals surface area contributed by atoms with Crippen LogP contribution in [0.4, 0.5) is 11.4 Å². The molecule has 0 radical (unpaired) electrons. The van der Waals surface area contributed by atoms with Crippen LogP contribution in [-0.4, -0.2) is 31.2 Å². The Morgan fingerprint density at radius 3 is 2.54 bits per heavy atom. The first-order valence-electron chi connectivity index (χ1n) is 8.90. The number of amides is 1. The van der Waals surface area contributed by atoms with Gasteiger partial charge < -0.3 is 9.88 Å². The third-order valence-electron chi connectivity index (χ3n) is 4.75. The van der Waals surface area contributed by atoms with Gasteiger partial charge in [0.25, 0.3) is 0 Å². The molecular formula is C19H25N3O3S. The summed E-state index contributed by atoms with van der Waals surface area (Å²) >= 11 is 0. The second-order valence-electron chi connectivity index (χ2n) is 6.71. The maximum atomic E-state index is 12.3. The molecule has 1 saturated heterocycles. The highest BCUT2D eigenvalue weighted by atomic mass is 32.2. The predicted octanol–water partition coefficient (Wildman–Crippen LogP) is 3.06. The number of anilines is 2. The Kier molecular flexibility index (Phi) is 5.36. The number of hydrogen-bond acceptors (Lipinski definition) is 3. The predicted molar refractivity (Wildman–Crippen MR) is 104 cm³/mol. The molecule has 0 unspecified atom stereocenters. The van der Waals surface area contributed by atoms with Gasteiger partial charge in [-0.05, 0) is 57.0 Å². The van der Waals surface area contributed by atoms with Crippen molar-refractivity contribution in [2.75, 3.05) is 21.9 Å². The summed E-state index contributed by atoms with van der Waals surface area (Å²) in [5.74, 6) is 0.0928. The molecule has 1 fully saturated rings. The molecule has 0 bridgehead atoms.